The highest BCUT2D eigenvalue weighted by Gasteiger charge is 2.29. The van der Waals surface area contributed by atoms with Gasteiger partial charge in [0.05, 0.1) is 10.8 Å². The van der Waals surface area contributed by atoms with Crippen molar-refractivity contribution in [2.24, 2.45) is 0 Å². The number of nitro groups is 1. The Balaban J connectivity index is 1.78. The van der Waals surface area contributed by atoms with Crippen LogP contribution in [0.4, 0.5) is 11.5 Å². The maximum Gasteiger partial charge on any atom is 0.290 e. The lowest BCUT2D eigenvalue weighted by Crippen LogP contribution is -2.21. The number of benzene rings is 1. The van der Waals surface area contributed by atoms with Crippen molar-refractivity contribution in [3.63, 3.8) is 0 Å². The van der Waals surface area contributed by atoms with E-state index in [1.807, 2.05) is 24.3 Å². The van der Waals surface area contributed by atoms with Crippen LogP contribution in [-0.2, 0) is 4.79 Å². The predicted molar refractivity (Wildman–Crippen MR) is 84.2 cm³/mol. The monoisotopic (exact) mass is 315 g/mol. The Morgan fingerprint density at radius 2 is 2.14 bits per heavy atom. The molecule has 1 aromatic heterocycles. The van der Waals surface area contributed by atoms with Crippen LogP contribution in [-0.4, -0.2) is 21.6 Å². The van der Waals surface area contributed by atoms with Crippen LogP contribution in [0.15, 0.2) is 41.3 Å². The van der Waals surface area contributed by atoms with E-state index in [9.17, 15) is 14.9 Å². The van der Waals surface area contributed by atoms with Gasteiger partial charge >= 0.3 is 0 Å². The SMILES string of the molecule is Cc1nc(NC(=O)C2CSc3ccccc32)ccc1[N+](=O)[O-]. The first kappa shape index (κ1) is 14.5. The van der Waals surface area contributed by atoms with Crippen LogP contribution in [0.2, 0.25) is 0 Å². The number of thioether (sulfide) groups is 1. The van der Waals surface area contributed by atoms with E-state index in [-0.39, 0.29) is 23.2 Å². The molecule has 1 aliphatic rings. The number of carbonyl (C=O) groups excluding carboxylic acids is 1. The molecule has 7 heteroatoms. The van der Waals surface area contributed by atoms with Gasteiger partial charge < -0.3 is 5.32 Å². The van der Waals surface area contributed by atoms with Gasteiger partial charge in [0.25, 0.3) is 5.69 Å². The number of nitrogens with zero attached hydrogens (tertiary/aromatic N) is 2. The van der Waals surface area contributed by atoms with Crippen LogP contribution < -0.4 is 5.32 Å². The van der Waals surface area contributed by atoms with Crippen LogP contribution in [0.1, 0.15) is 17.2 Å². The summed E-state index contributed by atoms with van der Waals surface area (Å²) in [4.78, 5) is 27.9. The third kappa shape index (κ3) is 2.67. The maximum absolute atomic E-state index is 12.4. The molecule has 1 aromatic carbocycles. The van der Waals surface area contributed by atoms with Crippen LogP contribution in [0.25, 0.3) is 0 Å². The summed E-state index contributed by atoms with van der Waals surface area (Å²) in [6, 6.07) is 10.6. The summed E-state index contributed by atoms with van der Waals surface area (Å²) in [5.74, 6) is 0.663. The number of rotatable bonds is 3. The molecule has 0 bridgehead atoms. The molecule has 0 radical (unpaired) electrons. The average Bonchev–Trinajstić information content (AvgIpc) is 2.91. The second-order valence-corrected chi connectivity index (χ2v) is 6.01. The summed E-state index contributed by atoms with van der Waals surface area (Å²) in [7, 11) is 0. The molecule has 1 aliphatic heterocycles. The Morgan fingerprint density at radius 3 is 2.86 bits per heavy atom. The molecule has 22 heavy (non-hydrogen) atoms. The minimum absolute atomic E-state index is 0.0558. The van der Waals surface area contributed by atoms with Crippen molar-refractivity contribution in [2.45, 2.75) is 17.7 Å². The fourth-order valence-electron chi connectivity index (χ4n) is 2.41. The van der Waals surface area contributed by atoms with Gasteiger partial charge in [0, 0.05) is 16.7 Å². The molecule has 1 atom stereocenters. The molecule has 112 valence electrons. The smallest absolute Gasteiger partial charge is 0.290 e. The summed E-state index contributed by atoms with van der Waals surface area (Å²) in [5.41, 5.74) is 1.24. The molecule has 0 saturated carbocycles. The van der Waals surface area contributed by atoms with Gasteiger partial charge in [0.1, 0.15) is 11.5 Å². The summed E-state index contributed by atoms with van der Waals surface area (Å²) in [6.45, 7) is 1.55. The number of aromatic nitrogens is 1. The Bertz CT molecular complexity index is 763. The zero-order valence-electron chi connectivity index (χ0n) is 11.8. The third-order valence-electron chi connectivity index (χ3n) is 3.52. The van der Waals surface area contributed by atoms with Crippen LogP contribution in [0.3, 0.4) is 0 Å². The zero-order valence-corrected chi connectivity index (χ0v) is 12.6. The molecule has 0 aliphatic carbocycles. The maximum atomic E-state index is 12.4. The van der Waals surface area contributed by atoms with E-state index in [0.29, 0.717) is 11.6 Å². The van der Waals surface area contributed by atoms with Gasteiger partial charge in [-0.2, -0.15) is 0 Å². The van der Waals surface area contributed by atoms with E-state index in [2.05, 4.69) is 10.3 Å². The largest absolute Gasteiger partial charge is 0.310 e. The minimum Gasteiger partial charge on any atom is -0.310 e. The van der Waals surface area contributed by atoms with Gasteiger partial charge in [0.2, 0.25) is 5.91 Å². The number of fused-ring (bicyclic) bond motifs is 1. The molecule has 0 spiro atoms. The highest BCUT2D eigenvalue weighted by molar-refractivity contribution is 7.99. The molecular weight excluding hydrogens is 302 g/mol. The number of anilines is 1. The molecule has 1 unspecified atom stereocenters. The minimum atomic E-state index is -0.488. The molecule has 1 amide bonds. The fourth-order valence-corrected chi connectivity index (χ4v) is 3.64. The van der Waals surface area contributed by atoms with Gasteiger partial charge in [-0.15, -0.1) is 11.8 Å². The first-order chi connectivity index (χ1) is 10.6. The fraction of sp³-hybridized carbons (Fsp3) is 0.200. The number of aryl methyl sites for hydroxylation is 1. The third-order valence-corrected chi connectivity index (χ3v) is 4.71. The van der Waals surface area contributed by atoms with E-state index in [0.717, 1.165) is 10.5 Å². The van der Waals surface area contributed by atoms with E-state index >= 15 is 0 Å². The van der Waals surface area contributed by atoms with E-state index in [4.69, 9.17) is 0 Å². The standard InChI is InChI=1S/C15H13N3O3S/c1-9-12(18(20)21)6-7-14(16-9)17-15(19)11-8-22-13-5-3-2-4-10(11)13/h2-7,11H,8H2,1H3,(H,16,17,19). The molecule has 1 N–H and O–H groups in total. The van der Waals surface area contributed by atoms with Gasteiger partial charge in [-0.05, 0) is 24.6 Å². The molecule has 2 heterocycles. The van der Waals surface area contributed by atoms with Crippen LogP contribution >= 0.6 is 11.8 Å². The van der Waals surface area contributed by atoms with E-state index < -0.39 is 4.92 Å². The molecular formula is C15H13N3O3S. The number of hydrogen-bond acceptors (Lipinski definition) is 5. The Morgan fingerprint density at radius 1 is 1.36 bits per heavy atom. The zero-order chi connectivity index (χ0) is 15.7. The Hall–Kier alpha value is -2.41. The molecule has 3 rings (SSSR count). The Labute approximate surface area is 131 Å². The summed E-state index contributed by atoms with van der Waals surface area (Å²) in [6.07, 6.45) is 0. The first-order valence-corrected chi connectivity index (χ1v) is 7.69. The number of amides is 1. The second kappa shape index (κ2) is 5.76. The number of hydrogen-bond donors (Lipinski definition) is 1. The highest BCUT2D eigenvalue weighted by atomic mass is 32.2. The normalized spacial score (nSPS) is 16.1. The average molecular weight is 315 g/mol. The number of carbonyl (C=O) groups is 1. The van der Waals surface area contributed by atoms with Crippen LogP contribution in [0, 0.1) is 17.0 Å². The van der Waals surface area contributed by atoms with Crippen molar-refractivity contribution in [1.29, 1.82) is 0 Å². The summed E-state index contributed by atoms with van der Waals surface area (Å²) >= 11 is 1.65. The van der Waals surface area contributed by atoms with Crippen molar-refractivity contribution >= 4 is 29.2 Å². The Kier molecular flexibility index (Phi) is 3.81. The van der Waals surface area contributed by atoms with Gasteiger partial charge in [-0.3, -0.25) is 14.9 Å². The first-order valence-electron chi connectivity index (χ1n) is 6.71. The molecule has 0 fully saturated rings. The number of nitrogens with one attached hydrogen (secondary N) is 1. The van der Waals surface area contributed by atoms with Crippen molar-refractivity contribution in [2.75, 3.05) is 11.1 Å². The van der Waals surface area contributed by atoms with Crippen molar-refractivity contribution in [1.82, 2.24) is 4.98 Å². The summed E-state index contributed by atoms with van der Waals surface area (Å²) < 4.78 is 0. The van der Waals surface area contributed by atoms with Gasteiger partial charge in [-0.1, -0.05) is 18.2 Å². The van der Waals surface area contributed by atoms with E-state index in [1.165, 1.54) is 12.1 Å². The van der Waals surface area contributed by atoms with Crippen molar-refractivity contribution < 1.29 is 9.72 Å². The lowest BCUT2D eigenvalue weighted by molar-refractivity contribution is -0.385. The van der Waals surface area contributed by atoms with Gasteiger partial charge in [-0.25, -0.2) is 4.98 Å². The highest BCUT2D eigenvalue weighted by Crippen LogP contribution is 2.39. The van der Waals surface area contributed by atoms with E-state index in [1.54, 1.807) is 18.7 Å². The van der Waals surface area contributed by atoms with Crippen LogP contribution in [0.5, 0.6) is 0 Å². The molecule has 2 aromatic rings. The predicted octanol–water partition coefficient (Wildman–Crippen LogP) is 3.13. The van der Waals surface area contributed by atoms with Crippen molar-refractivity contribution in [3.8, 4) is 0 Å². The second-order valence-electron chi connectivity index (χ2n) is 4.95. The number of pyridine rings is 1. The quantitative estimate of drug-likeness (QED) is 0.695. The molecule has 0 saturated heterocycles. The van der Waals surface area contributed by atoms with Crippen molar-refractivity contribution in [3.05, 3.63) is 57.8 Å². The lowest BCUT2D eigenvalue weighted by Gasteiger charge is -2.11. The summed E-state index contributed by atoms with van der Waals surface area (Å²) in [5, 5.41) is 13.5. The van der Waals surface area contributed by atoms with Gasteiger partial charge in [0.15, 0.2) is 0 Å². The molecule has 6 nitrogen and oxygen atoms in total. The lowest BCUT2D eigenvalue weighted by atomic mass is 10.0. The topological polar surface area (TPSA) is 85.1 Å².